The van der Waals surface area contributed by atoms with E-state index < -0.39 is 35.4 Å². The van der Waals surface area contributed by atoms with E-state index in [9.17, 15) is 18.0 Å². The van der Waals surface area contributed by atoms with Crippen LogP contribution in [0.25, 0.3) is 0 Å². The summed E-state index contributed by atoms with van der Waals surface area (Å²) in [5, 5.41) is 8.29. The maximum absolute atomic E-state index is 14.3. The SMILES string of the molecule is COc1cc(F)c([C@@H]2CNCC2NC(=O)Nc2ccc(F)cc2)c(F)c1. The number of methoxy groups -OCH3 is 1. The molecular weight excluding hydrogens is 347 g/mol. The molecule has 1 aliphatic heterocycles. The lowest BCUT2D eigenvalue weighted by Gasteiger charge is -2.22. The van der Waals surface area contributed by atoms with Crippen molar-refractivity contribution < 1.29 is 22.7 Å². The summed E-state index contributed by atoms with van der Waals surface area (Å²) < 4.78 is 46.4. The molecule has 0 bridgehead atoms. The summed E-state index contributed by atoms with van der Waals surface area (Å²) >= 11 is 0. The second-order valence-electron chi connectivity index (χ2n) is 5.98. The number of rotatable bonds is 4. The fraction of sp³-hybridized carbons (Fsp3) is 0.278. The molecule has 1 aliphatic rings. The topological polar surface area (TPSA) is 62.4 Å². The average Bonchev–Trinajstić information content (AvgIpc) is 3.04. The summed E-state index contributed by atoms with van der Waals surface area (Å²) in [6.45, 7) is 0.689. The van der Waals surface area contributed by atoms with Crippen LogP contribution in [0.5, 0.6) is 5.75 Å². The van der Waals surface area contributed by atoms with Crippen molar-refractivity contribution in [1.29, 1.82) is 0 Å². The molecule has 5 nitrogen and oxygen atoms in total. The minimum Gasteiger partial charge on any atom is -0.497 e. The molecule has 3 N–H and O–H groups in total. The van der Waals surface area contributed by atoms with E-state index in [1.54, 1.807) is 0 Å². The van der Waals surface area contributed by atoms with Crippen LogP contribution in [0.4, 0.5) is 23.7 Å². The Morgan fingerprint density at radius 3 is 2.38 bits per heavy atom. The molecule has 8 heteroatoms. The van der Waals surface area contributed by atoms with Gasteiger partial charge in [-0.1, -0.05) is 0 Å². The minimum absolute atomic E-state index is 0.0910. The molecule has 1 unspecified atom stereocenters. The van der Waals surface area contributed by atoms with Crippen LogP contribution in [0, 0.1) is 17.5 Å². The van der Waals surface area contributed by atoms with Gasteiger partial charge in [0.05, 0.1) is 13.2 Å². The summed E-state index contributed by atoms with van der Waals surface area (Å²) in [7, 11) is 1.33. The number of ether oxygens (including phenoxy) is 1. The van der Waals surface area contributed by atoms with E-state index in [1.807, 2.05) is 0 Å². The molecule has 3 rings (SSSR count). The van der Waals surface area contributed by atoms with Crippen LogP contribution in [0.15, 0.2) is 36.4 Å². The van der Waals surface area contributed by atoms with Gasteiger partial charge < -0.3 is 20.7 Å². The van der Waals surface area contributed by atoms with Crippen LogP contribution < -0.4 is 20.7 Å². The Morgan fingerprint density at radius 2 is 1.77 bits per heavy atom. The Hall–Kier alpha value is -2.74. The summed E-state index contributed by atoms with van der Waals surface area (Å²) in [6, 6.07) is 6.47. The van der Waals surface area contributed by atoms with Crippen molar-refractivity contribution in [2.75, 3.05) is 25.5 Å². The number of hydrogen-bond acceptors (Lipinski definition) is 3. The number of anilines is 1. The number of urea groups is 1. The number of carbonyl (C=O) groups is 1. The second-order valence-corrected chi connectivity index (χ2v) is 5.98. The fourth-order valence-electron chi connectivity index (χ4n) is 3.04. The Bertz CT molecular complexity index is 776. The fourth-order valence-corrected chi connectivity index (χ4v) is 3.04. The van der Waals surface area contributed by atoms with Gasteiger partial charge in [0.2, 0.25) is 0 Å². The van der Waals surface area contributed by atoms with Gasteiger partial charge in [0, 0.05) is 42.4 Å². The minimum atomic E-state index is -0.721. The number of benzene rings is 2. The lowest BCUT2D eigenvalue weighted by Crippen LogP contribution is -2.42. The highest BCUT2D eigenvalue weighted by Crippen LogP contribution is 2.31. The quantitative estimate of drug-likeness (QED) is 0.781. The highest BCUT2D eigenvalue weighted by atomic mass is 19.1. The third-order valence-corrected chi connectivity index (χ3v) is 4.29. The number of hydrogen-bond donors (Lipinski definition) is 3. The van der Waals surface area contributed by atoms with Gasteiger partial charge in [-0.3, -0.25) is 0 Å². The zero-order valence-electron chi connectivity index (χ0n) is 14.0. The van der Waals surface area contributed by atoms with Gasteiger partial charge in [0.15, 0.2) is 0 Å². The van der Waals surface area contributed by atoms with Gasteiger partial charge in [-0.15, -0.1) is 0 Å². The summed E-state index contributed by atoms with van der Waals surface area (Å²) in [5.41, 5.74) is 0.316. The third kappa shape index (κ3) is 3.91. The lowest BCUT2D eigenvalue weighted by molar-refractivity contribution is 0.248. The summed E-state index contributed by atoms with van der Waals surface area (Å²) in [5.74, 6) is -2.34. The molecule has 1 fully saturated rings. The number of nitrogens with one attached hydrogen (secondary N) is 3. The zero-order valence-corrected chi connectivity index (χ0v) is 14.0. The van der Waals surface area contributed by atoms with Crippen molar-refractivity contribution in [2.24, 2.45) is 0 Å². The van der Waals surface area contributed by atoms with Gasteiger partial charge in [0.25, 0.3) is 0 Å². The van der Waals surface area contributed by atoms with Gasteiger partial charge in [-0.2, -0.15) is 0 Å². The van der Waals surface area contributed by atoms with E-state index in [0.717, 1.165) is 12.1 Å². The van der Waals surface area contributed by atoms with E-state index in [2.05, 4.69) is 16.0 Å². The Kier molecular flexibility index (Phi) is 5.32. The Labute approximate surface area is 148 Å². The molecular formula is C18H18F3N3O2. The molecule has 1 saturated heterocycles. The van der Waals surface area contributed by atoms with Crippen LogP contribution in [0.1, 0.15) is 11.5 Å². The predicted octanol–water partition coefficient (Wildman–Crippen LogP) is 2.99. The van der Waals surface area contributed by atoms with E-state index in [4.69, 9.17) is 4.74 Å². The Morgan fingerprint density at radius 1 is 1.12 bits per heavy atom. The molecule has 0 aromatic heterocycles. The van der Waals surface area contributed by atoms with Crippen LogP contribution in [0.2, 0.25) is 0 Å². The molecule has 0 spiro atoms. The van der Waals surface area contributed by atoms with Crippen LogP contribution in [-0.2, 0) is 0 Å². The van der Waals surface area contributed by atoms with E-state index in [1.165, 1.54) is 31.4 Å². The van der Waals surface area contributed by atoms with Crippen molar-refractivity contribution >= 4 is 11.7 Å². The molecule has 0 saturated carbocycles. The summed E-state index contributed by atoms with van der Waals surface area (Å²) in [4.78, 5) is 12.1. The molecule has 2 aromatic rings. The molecule has 2 amide bonds. The first kappa shape index (κ1) is 18.1. The van der Waals surface area contributed by atoms with Crippen LogP contribution in [0.3, 0.4) is 0 Å². The van der Waals surface area contributed by atoms with Crippen molar-refractivity contribution in [3.63, 3.8) is 0 Å². The van der Waals surface area contributed by atoms with Gasteiger partial charge in [0.1, 0.15) is 23.2 Å². The average molecular weight is 365 g/mol. The van der Waals surface area contributed by atoms with Crippen LogP contribution in [-0.4, -0.2) is 32.3 Å². The predicted molar refractivity (Wildman–Crippen MR) is 90.9 cm³/mol. The van der Waals surface area contributed by atoms with E-state index >= 15 is 0 Å². The number of amides is 2. The summed E-state index contributed by atoms with van der Waals surface area (Å²) in [6.07, 6.45) is 0. The zero-order chi connectivity index (χ0) is 18.7. The van der Waals surface area contributed by atoms with E-state index in [-0.39, 0.29) is 11.3 Å². The third-order valence-electron chi connectivity index (χ3n) is 4.29. The normalized spacial score (nSPS) is 19.2. The highest BCUT2D eigenvalue weighted by molar-refractivity contribution is 5.89. The van der Waals surface area contributed by atoms with Crippen molar-refractivity contribution in [3.05, 3.63) is 59.4 Å². The van der Waals surface area contributed by atoms with Gasteiger partial charge in [-0.25, -0.2) is 18.0 Å². The first-order chi connectivity index (χ1) is 12.5. The van der Waals surface area contributed by atoms with Gasteiger partial charge >= 0.3 is 6.03 Å². The highest BCUT2D eigenvalue weighted by Gasteiger charge is 2.34. The molecule has 2 atom stereocenters. The molecule has 2 aromatic carbocycles. The van der Waals surface area contributed by atoms with Crippen molar-refractivity contribution in [1.82, 2.24) is 10.6 Å². The first-order valence-corrected chi connectivity index (χ1v) is 8.04. The molecule has 138 valence electrons. The second kappa shape index (κ2) is 7.65. The smallest absolute Gasteiger partial charge is 0.319 e. The maximum Gasteiger partial charge on any atom is 0.319 e. The molecule has 0 radical (unpaired) electrons. The van der Waals surface area contributed by atoms with E-state index in [0.29, 0.717) is 18.8 Å². The first-order valence-electron chi connectivity index (χ1n) is 8.04. The monoisotopic (exact) mass is 365 g/mol. The van der Waals surface area contributed by atoms with Crippen molar-refractivity contribution in [3.8, 4) is 5.75 Å². The van der Waals surface area contributed by atoms with Gasteiger partial charge in [-0.05, 0) is 24.3 Å². The number of carbonyl (C=O) groups excluding carboxylic acids is 1. The molecule has 26 heavy (non-hydrogen) atoms. The molecule has 1 heterocycles. The maximum atomic E-state index is 14.3. The Balaban J connectivity index is 1.72. The largest absolute Gasteiger partial charge is 0.497 e. The number of halogens is 3. The van der Waals surface area contributed by atoms with Crippen molar-refractivity contribution in [2.45, 2.75) is 12.0 Å². The standard InChI is InChI=1S/C18H18F3N3O2/c1-26-12-6-14(20)17(15(21)7-12)13-8-22-9-16(13)24-18(25)23-11-4-2-10(19)3-5-11/h2-7,13,16,22H,8-9H2,1H3,(H2,23,24,25)/t13-,16?/m1/s1. The lowest BCUT2D eigenvalue weighted by atomic mass is 9.93. The van der Waals surface area contributed by atoms with Crippen LogP contribution >= 0.6 is 0 Å². The molecule has 0 aliphatic carbocycles.